The Balaban J connectivity index is 1.23. The van der Waals surface area contributed by atoms with Crippen LogP contribution in [0.4, 0.5) is 18.3 Å². The molecule has 5 nitrogen and oxygen atoms in total. The van der Waals surface area contributed by atoms with Gasteiger partial charge in [-0.2, -0.15) is 13.2 Å². The molecule has 0 spiro atoms. The lowest BCUT2D eigenvalue weighted by molar-refractivity contribution is -0.137. The van der Waals surface area contributed by atoms with Gasteiger partial charge in [0.25, 0.3) is 5.91 Å². The summed E-state index contributed by atoms with van der Waals surface area (Å²) in [6.07, 6.45) is -3.44. The third kappa shape index (κ3) is 5.02. The third-order valence-electron chi connectivity index (χ3n) is 6.14. The lowest BCUT2D eigenvalue weighted by Crippen LogP contribution is -2.40. The number of carbonyl (C=O) groups excluding carboxylic acids is 1. The summed E-state index contributed by atoms with van der Waals surface area (Å²) in [5, 5.41) is 11.4. The van der Waals surface area contributed by atoms with Gasteiger partial charge in [0.05, 0.1) is 5.56 Å². The van der Waals surface area contributed by atoms with Gasteiger partial charge in [-0.05, 0) is 36.1 Å². The van der Waals surface area contributed by atoms with E-state index in [1.165, 1.54) is 29.0 Å². The first-order chi connectivity index (χ1) is 16.3. The maximum absolute atomic E-state index is 12.9. The molecule has 0 unspecified atom stereocenters. The number of halogens is 4. The maximum atomic E-state index is 12.9. The van der Waals surface area contributed by atoms with Gasteiger partial charge in [-0.3, -0.25) is 15.0 Å². The zero-order valence-corrected chi connectivity index (χ0v) is 20.9. The molecule has 1 aliphatic carbocycles. The van der Waals surface area contributed by atoms with Crippen molar-refractivity contribution in [2.45, 2.75) is 39.6 Å². The highest BCUT2D eigenvalue weighted by molar-refractivity contribution is 9.09. The minimum Gasteiger partial charge on any atom is -0.296 e. The Morgan fingerprint density at radius 3 is 2.71 bits per heavy atom. The number of likely N-dealkylation sites (tertiary alicyclic amines) is 1. The summed E-state index contributed by atoms with van der Waals surface area (Å²) < 4.78 is 39.5. The second kappa shape index (κ2) is 9.60. The first-order valence-electron chi connectivity index (χ1n) is 10.7. The largest absolute Gasteiger partial charge is 0.416 e. The van der Waals surface area contributed by atoms with Gasteiger partial charge < -0.3 is 0 Å². The summed E-state index contributed by atoms with van der Waals surface area (Å²) in [6.45, 7) is 1.95. The van der Waals surface area contributed by atoms with Crippen molar-refractivity contribution in [1.82, 2.24) is 15.1 Å². The Labute approximate surface area is 211 Å². The fourth-order valence-corrected chi connectivity index (χ4v) is 8.37. The molecular weight excluding hydrogens is 549 g/mol. The molecule has 1 aliphatic heterocycles. The van der Waals surface area contributed by atoms with Crippen LogP contribution in [0, 0.1) is 5.92 Å². The predicted octanol–water partition coefficient (Wildman–Crippen LogP) is 5.94. The number of piperidine rings is 1. The van der Waals surface area contributed by atoms with Crippen LogP contribution in [-0.4, -0.2) is 43.7 Å². The molecule has 1 amide bonds. The Hall–Kier alpha value is -1.95. The molecule has 0 radical (unpaired) electrons. The molecule has 5 rings (SSSR count). The molecule has 4 atom stereocenters. The number of thioether (sulfide) groups is 1. The smallest absolute Gasteiger partial charge is 0.296 e. The number of carbonyl (C=O) groups is 1. The van der Waals surface area contributed by atoms with Gasteiger partial charge in [0.15, 0.2) is 4.34 Å². The molecule has 2 bridgehead atoms. The van der Waals surface area contributed by atoms with Gasteiger partial charge in [0, 0.05) is 34.8 Å². The van der Waals surface area contributed by atoms with E-state index in [-0.39, 0.29) is 10.7 Å². The molecule has 2 heterocycles. The van der Waals surface area contributed by atoms with Crippen molar-refractivity contribution in [3.05, 3.63) is 71.3 Å². The van der Waals surface area contributed by atoms with Crippen molar-refractivity contribution < 1.29 is 18.0 Å². The van der Waals surface area contributed by atoms with Crippen LogP contribution in [0.1, 0.15) is 27.9 Å². The normalized spacial score (nSPS) is 24.5. The molecule has 1 aromatic heterocycles. The molecule has 1 saturated heterocycles. The molecule has 34 heavy (non-hydrogen) atoms. The van der Waals surface area contributed by atoms with E-state index >= 15 is 0 Å². The van der Waals surface area contributed by atoms with Crippen LogP contribution in [-0.2, 0) is 12.7 Å². The first-order valence-corrected chi connectivity index (χ1v) is 13.3. The zero-order valence-electron chi connectivity index (χ0n) is 17.7. The number of rotatable bonds is 6. The molecule has 1 N–H and O–H groups in total. The number of benzene rings is 2. The van der Waals surface area contributed by atoms with Crippen LogP contribution in [0.15, 0.2) is 58.9 Å². The number of aromatic nitrogens is 2. The number of hydrogen-bond donors (Lipinski definition) is 1. The molecule has 2 fully saturated rings. The molecule has 1 saturated carbocycles. The Morgan fingerprint density at radius 2 is 1.97 bits per heavy atom. The van der Waals surface area contributed by atoms with Gasteiger partial charge in [-0.15, -0.1) is 10.2 Å². The van der Waals surface area contributed by atoms with Gasteiger partial charge in [0.2, 0.25) is 5.13 Å². The van der Waals surface area contributed by atoms with Crippen LogP contribution >= 0.6 is 39.0 Å². The van der Waals surface area contributed by atoms with Gasteiger partial charge in [0.1, 0.15) is 0 Å². The fourth-order valence-electron chi connectivity index (χ4n) is 4.64. The van der Waals surface area contributed by atoms with E-state index in [1.54, 1.807) is 11.8 Å². The van der Waals surface area contributed by atoms with E-state index in [2.05, 4.69) is 60.6 Å². The highest BCUT2D eigenvalue weighted by Gasteiger charge is 2.51. The van der Waals surface area contributed by atoms with Crippen LogP contribution in [0.25, 0.3) is 0 Å². The maximum Gasteiger partial charge on any atom is 0.416 e. The monoisotopic (exact) mass is 568 g/mol. The average molecular weight is 569 g/mol. The van der Waals surface area contributed by atoms with Gasteiger partial charge in [-0.25, -0.2) is 0 Å². The Bertz CT molecular complexity index is 1180. The summed E-state index contributed by atoms with van der Waals surface area (Å²) in [5.41, 5.74) is 0.342. The standard InChI is InChI=1S/C23H20BrF3N4OS2/c24-18-15-10-17(19(18)31(12-15)11-13-5-2-1-3-6-13)33-22-30-29-21(34-22)28-20(32)14-7-4-8-16(9-14)23(25,26)27/h1-9,15,17-19H,10-12H2,(H,28,29,32)/t15-,17+,18-,19-/m1/s1. The highest BCUT2D eigenvalue weighted by Crippen LogP contribution is 2.49. The molecule has 178 valence electrons. The summed E-state index contributed by atoms with van der Waals surface area (Å²) in [7, 11) is 0. The van der Waals surface area contributed by atoms with Crippen LogP contribution in [0.5, 0.6) is 0 Å². The van der Waals surface area contributed by atoms with Crippen LogP contribution in [0.3, 0.4) is 0 Å². The second-order valence-corrected chi connectivity index (χ2v) is 11.9. The minimum absolute atomic E-state index is 0.0778. The lowest BCUT2D eigenvalue weighted by atomic mass is 10.1. The number of fused-ring (bicyclic) bond motifs is 2. The Morgan fingerprint density at radius 1 is 1.18 bits per heavy atom. The summed E-state index contributed by atoms with van der Waals surface area (Å²) in [5.74, 6) is -0.0764. The molecule has 2 aromatic carbocycles. The number of amides is 1. The summed E-state index contributed by atoms with van der Waals surface area (Å²) in [6, 6.07) is 15.1. The van der Waals surface area contributed by atoms with Crippen LogP contribution < -0.4 is 5.32 Å². The zero-order chi connectivity index (χ0) is 23.9. The molecular formula is C23H20BrF3N4OS2. The van der Waals surface area contributed by atoms with Crippen molar-refractivity contribution in [2.75, 3.05) is 11.9 Å². The van der Waals surface area contributed by atoms with Crippen molar-refractivity contribution in [1.29, 1.82) is 0 Å². The topological polar surface area (TPSA) is 58.1 Å². The SMILES string of the molecule is O=C(Nc1nnc(S[C@H]2C[C@@H]3CN(Cc4ccccc4)[C@H]2[C@@H]3Br)s1)c1cccc(C(F)(F)F)c1. The number of nitrogens with zero attached hydrogens (tertiary/aromatic N) is 3. The van der Waals surface area contributed by atoms with E-state index in [4.69, 9.17) is 0 Å². The van der Waals surface area contributed by atoms with Gasteiger partial charge >= 0.3 is 6.18 Å². The number of nitrogens with one attached hydrogen (secondary N) is 1. The minimum atomic E-state index is -4.51. The first kappa shape index (κ1) is 23.8. The quantitative estimate of drug-likeness (QED) is 0.294. The summed E-state index contributed by atoms with van der Waals surface area (Å²) in [4.78, 5) is 15.4. The van der Waals surface area contributed by atoms with Gasteiger partial charge in [-0.1, -0.05) is 75.4 Å². The molecule has 11 heteroatoms. The van der Waals surface area contributed by atoms with Crippen molar-refractivity contribution in [3.63, 3.8) is 0 Å². The average Bonchev–Trinajstić information content (AvgIpc) is 3.46. The summed E-state index contributed by atoms with van der Waals surface area (Å²) >= 11 is 6.79. The predicted molar refractivity (Wildman–Crippen MR) is 130 cm³/mol. The van der Waals surface area contributed by atoms with E-state index in [0.29, 0.717) is 22.0 Å². The lowest BCUT2D eigenvalue weighted by Gasteiger charge is -2.32. The number of hydrogen-bond acceptors (Lipinski definition) is 6. The second-order valence-electron chi connectivity index (χ2n) is 8.41. The fraction of sp³-hybridized carbons (Fsp3) is 0.348. The number of anilines is 1. The van der Waals surface area contributed by atoms with Crippen molar-refractivity contribution in [2.24, 2.45) is 5.92 Å². The Kier molecular flexibility index (Phi) is 6.71. The van der Waals surface area contributed by atoms with E-state index in [0.717, 1.165) is 36.0 Å². The van der Waals surface area contributed by atoms with Crippen molar-refractivity contribution in [3.8, 4) is 0 Å². The van der Waals surface area contributed by atoms with E-state index in [9.17, 15) is 18.0 Å². The van der Waals surface area contributed by atoms with E-state index < -0.39 is 17.6 Å². The van der Waals surface area contributed by atoms with Crippen LogP contribution in [0.2, 0.25) is 0 Å². The number of alkyl halides is 4. The molecule has 2 aliphatic rings. The van der Waals surface area contributed by atoms with E-state index in [1.807, 2.05) is 6.07 Å². The third-order valence-corrected chi connectivity index (χ3v) is 9.66. The highest BCUT2D eigenvalue weighted by atomic mass is 79.9. The molecule has 3 aromatic rings. The van der Waals surface area contributed by atoms with Crippen molar-refractivity contribution >= 4 is 50.1 Å².